The summed E-state index contributed by atoms with van der Waals surface area (Å²) in [6, 6.07) is 16.8. The van der Waals surface area contributed by atoms with Gasteiger partial charge in [0.05, 0.1) is 15.5 Å². The molecule has 0 radical (unpaired) electrons. The Morgan fingerprint density at radius 1 is 0.871 bits per heavy atom. The zero-order valence-electron chi connectivity index (χ0n) is 16.9. The first-order valence-electron chi connectivity index (χ1n) is 9.75. The van der Waals surface area contributed by atoms with Crippen molar-refractivity contribution in [3.63, 3.8) is 0 Å². The topological polar surface area (TPSA) is 110 Å². The Bertz CT molecular complexity index is 1170. The minimum Gasteiger partial charge on any atom is -0.352 e. The number of aryl methyl sites for hydroxylation is 1. The first-order chi connectivity index (χ1) is 14.8. The molecule has 160 valence electrons. The number of nitro benzene ring substituents is 1. The molecule has 0 bridgehead atoms. The van der Waals surface area contributed by atoms with Gasteiger partial charge in [0.25, 0.3) is 5.69 Å². The summed E-state index contributed by atoms with van der Waals surface area (Å²) in [6.07, 6.45) is 0. The van der Waals surface area contributed by atoms with Crippen molar-refractivity contribution in [3.8, 4) is 11.3 Å². The quantitative estimate of drug-likeness (QED) is 0.444. The average molecular weight is 439 g/mol. The molecule has 0 amide bonds. The van der Waals surface area contributed by atoms with E-state index in [0.29, 0.717) is 32.0 Å². The van der Waals surface area contributed by atoms with E-state index in [4.69, 9.17) is 0 Å². The van der Waals surface area contributed by atoms with E-state index in [-0.39, 0.29) is 10.6 Å². The summed E-state index contributed by atoms with van der Waals surface area (Å²) in [7, 11) is -3.71. The molecule has 0 spiro atoms. The minimum atomic E-state index is -3.71. The van der Waals surface area contributed by atoms with E-state index in [1.54, 1.807) is 0 Å². The Hall–Kier alpha value is -3.37. The third-order valence-electron chi connectivity index (χ3n) is 5.25. The largest absolute Gasteiger partial charge is 0.352 e. The summed E-state index contributed by atoms with van der Waals surface area (Å²) in [6.45, 7) is 3.57. The number of benzene rings is 2. The van der Waals surface area contributed by atoms with Crippen molar-refractivity contribution in [2.45, 2.75) is 11.8 Å². The number of aromatic nitrogens is 2. The highest BCUT2D eigenvalue weighted by Gasteiger charge is 2.29. The molecule has 1 fully saturated rings. The fraction of sp³-hybridized carbons (Fsp3) is 0.238. The zero-order chi connectivity index (χ0) is 22.0. The molecule has 0 unspecified atom stereocenters. The van der Waals surface area contributed by atoms with E-state index in [1.807, 2.05) is 48.2 Å². The van der Waals surface area contributed by atoms with Crippen LogP contribution in [0.1, 0.15) is 5.56 Å². The van der Waals surface area contributed by atoms with Gasteiger partial charge in [0, 0.05) is 43.9 Å². The van der Waals surface area contributed by atoms with Gasteiger partial charge >= 0.3 is 0 Å². The van der Waals surface area contributed by atoms with Crippen molar-refractivity contribution in [2.24, 2.45) is 0 Å². The van der Waals surface area contributed by atoms with E-state index in [1.165, 1.54) is 34.1 Å². The van der Waals surface area contributed by atoms with E-state index in [2.05, 4.69) is 10.2 Å². The lowest BCUT2D eigenvalue weighted by Crippen LogP contribution is -2.48. The van der Waals surface area contributed by atoms with Crippen LogP contribution in [0, 0.1) is 17.0 Å². The summed E-state index contributed by atoms with van der Waals surface area (Å²) in [5, 5.41) is 19.4. The number of rotatable bonds is 5. The average Bonchev–Trinajstić information content (AvgIpc) is 2.80. The van der Waals surface area contributed by atoms with Crippen LogP contribution in [0.15, 0.2) is 65.6 Å². The lowest BCUT2D eigenvalue weighted by atomic mass is 10.1. The van der Waals surface area contributed by atoms with Crippen molar-refractivity contribution in [1.29, 1.82) is 0 Å². The molecule has 0 N–H and O–H groups in total. The molecule has 31 heavy (non-hydrogen) atoms. The molecule has 0 atom stereocenters. The van der Waals surface area contributed by atoms with E-state index >= 15 is 0 Å². The predicted molar refractivity (Wildman–Crippen MR) is 116 cm³/mol. The van der Waals surface area contributed by atoms with Gasteiger partial charge in [-0.05, 0) is 31.2 Å². The van der Waals surface area contributed by atoms with E-state index in [0.717, 1.165) is 11.3 Å². The minimum absolute atomic E-state index is 0.0498. The summed E-state index contributed by atoms with van der Waals surface area (Å²) in [5.74, 6) is 0.697. The molecule has 10 heteroatoms. The first kappa shape index (κ1) is 20.9. The predicted octanol–water partition coefficient (Wildman–Crippen LogP) is 2.87. The van der Waals surface area contributed by atoms with Gasteiger partial charge in [-0.2, -0.15) is 4.31 Å². The molecule has 4 rings (SSSR count). The number of sulfonamides is 1. The molecule has 2 heterocycles. The maximum absolute atomic E-state index is 12.8. The highest BCUT2D eigenvalue weighted by molar-refractivity contribution is 7.89. The second kappa shape index (κ2) is 8.40. The van der Waals surface area contributed by atoms with Crippen molar-refractivity contribution in [2.75, 3.05) is 31.1 Å². The maximum atomic E-state index is 12.8. The fourth-order valence-corrected chi connectivity index (χ4v) is 4.84. The first-order valence-corrected chi connectivity index (χ1v) is 11.2. The van der Waals surface area contributed by atoms with Crippen molar-refractivity contribution in [1.82, 2.24) is 14.5 Å². The number of hydrogen-bond donors (Lipinski definition) is 0. The highest BCUT2D eigenvalue weighted by atomic mass is 32.2. The van der Waals surface area contributed by atoms with Gasteiger partial charge in [-0.25, -0.2) is 8.42 Å². The second-order valence-corrected chi connectivity index (χ2v) is 9.22. The van der Waals surface area contributed by atoms with E-state index in [9.17, 15) is 18.5 Å². The van der Waals surface area contributed by atoms with Gasteiger partial charge in [-0.15, -0.1) is 10.2 Å². The number of anilines is 1. The van der Waals surface area contributed by atoms with Crippen molar-refractivity contribution >= 4 is 21.5 Å². The van der Waals surface area contributed by atoms with E-state index < -0.39 is 14.9 Å². The lowest BCUT2D eigenvalue weighted by Gasteiger charge is -2.34. The van der Waals surface area contributed by atoms with Gasteiger partial charge in [0.15, 0.2) is 5.82 Å². The molecule has 3 aromatic rings. The van der Waals surface area contributed by atoms with Crippen LogP contribution >= 0.6 is 0 Å². The number of hydrogen-bond acceptors (Lipinski definition) is 7. The Labute approximate surface area is 180 Å². The summed E-state index contributed by atoms with van der Waals surface area (Å²) >= 11 is 0. The summed E-state index contributed by atoms with van der Waals surface area (Å²) in [4.78, 5) is 12.3. The fourth-order valence-electron chi connectivity index (χ4n) is 3.42. The monoisotopic (exact) mass is 439 g/mol. The second-order valence-electron chi connectivity index (χ2n) is 7.28. The molecular weight excluding hydrogens is 418 g/mol. The molecule has 1 aromatic heterocycles. The van der Waals surface area contributed by atoms with Crippen LogP contribution in [0.3, 0.4) is 0 Å². The van der Waals surface area contributed by atoms with Crippen molar-refractivity contribution in [3.05, 3.63) is 76.3 Å². The van der Waals surface area contributed by atoms with Crippen LogP contribution in [0.4, 0.5) is 11.5 Å². The molecule has 0 aliphatic carbocycles. The van der Waals surface area contributed by atoms with Gasteiger partial charge in [-0.3, -0.25) is 10.1 Å². The van der Waals surface area contributed by atoms with Crippen LogP contribution in [-0.2, 0) is 10.0 Å². The molecular formula is C21H21N5O4S. The normalized spacial score (nSPS) is 15.1. The van der Waals surface area contributed by atoms with Gasteiger partial charge in [0.2, 0.25) is 10.0 Å². The SMILES string of the molecule is Cc1ccc(-c2ccc(N3CCN(S(=O)(=O)c4ccc([N+](=O)[O-])cc4)CC3)nn2)cc1. The number of piperazine rings is 1. The van der Waals surface area contributed by atoms with Crippen LogP contribution in [-0.4, -0.2) is 54.0 Å². The van der Waals surface area contributed by atoms with Crippen molar-refractivity contribution < 1.29 is 13.3 Å². The third-order valence-corrected chi connectivity index (χ3v) is 7.16. The summed E-state index contributed by atoms with van der Waals surface area (Å²) in [5.41, 5.74) is 2.80. The van der Waals surface area contributed by atoms with Gasteiger partial charge in [0.1, 0.15) is 0 Å². The van der Waals surface area contributed by atoms with Gasteiger partial charge in [-0.1, -0.05) is 29.8 Å². The van der Waals surface area contributed by atoms with Gasteiger partial charge < -0.3 is 4.90 Å². The number of nitro groups is 1. The van der Waals surface area contributed by atoms with Crippen LogP contribution in [0.25, 0.3) is 11.3 Å². The molecule has 1 aliphatic rings. The molecule has 0 saturated carbocycles. The van der Waals surface area contributed by atoms with Crippen LogP contribution in [0.5, 0.6) is 0 Å². The molecule has 2 aromatic carbocycles. The lowest BCUT2D eigenvalue weighted by molar-refractivity contribution is -0.384. The standard InChI is InChI=1S/C21H21N5O4S/c1-16-2-4-17(5-3-16)20-10-11-21(23-22-20)24-12-14-25(15-13-24)31(29,30)19-8-6-18(7-9-19)26(27)28/h2-11H,12-15H2,1H3. The van der Waals surface area contributed by atoms with Crippen LogP contribution < -0.4 is 4.90 Å². The number of nitrogens with zero attached hydrogens (tertiary/aromatic N) is 5. The number of non-ortho nitro benzene ring substituents is 1. The molecule has 1 saturated heterocycles. The molecule has 9 nitrogen and oxygen atoms in total. The Morgan fingerprint density at radius 3 is 2.06 bits per heavy atom. The smallest absolute Gasteiger partial charge is 0.269 e. The highest BCUT2D eigenvalue weighted by Crippen LogP contribution is 2.23. The Balaban J connectivity index is 1.42. The Morgan fingerprint density at radius 2 is 1.52 bits per heavy atom. The third kappa shape index (κ3) is 4.39. The molecule has 1 aliphatic heterocycles. The van der Waals surface area contributed by atoms with Crippen LogP contribution in [0.2, 0.25) is 0 Å². The Kier molecular flexibility index (Phi) is 5.66. The summed E-state index contributed by atoms with van der Waals surface area (Å²) < 4.78 is 27.1. The zero-order valence-corrected chi connectivity index (χ0v) is 17.7. The maximum Gasteiger partial charge on any atom is 0.269 e.